The molecule has 1 heterocycles. The highest BCUT2D eigenvalue weighted by atomic mass is 32.1. The number of rotatable bonds is 3. The molecule has 1 fully saturated rings. The van der Waals surface area contributed by atoms with Crippen molar-refractivity contribution in [2.45, 2.75) is 32.7 Å². The molecule has 0 aliphatic carbocycles. The quantitative estimate of drug-likeness (QED) is 0.477. The van der Waals surface area contributed by atoms with Crippen LogP contribution in [-0.4, -0.2) is 29.5 Å². The minimum Gasteiger partial charge on any atom is -0.362 e. The van der Waals surface area contributed by atoms with E-state index in [9.17, 15) is 9.59 Å². The van der Waals surface area contributed by atoms with Crippen molar-refractivity contribution in [2.75, 3.05) is 6.54 Å². The van der Waals surface area contributed by atoms with Crippen LogP contribution in [0.2, 0.25) is 0 Å². The van der Waals surface area contributed by atoms with Gasteiger partial charge in [-0.05, 0) is 24.6 Å². The molecule has 1 saturated heterocycles. The van der Waals surface area contributed by atoms with Crippen LogP contribution >= 0.6 is 12.2 Å². The zero-order valence-corrected chi connectivity index (χ0v) is 10.3. The van der Waals surface area contributed by atoms with Gasteiger partial charge in [0.25, 0.3) is 0 Å². The first-order chi connectivity index (χ1) is 7.49. The SMILES string of the molecule is CC(C)CNC(=S)NC1CCC(=O)NC1=O. The summed E-state index contributed by atoms with van der Waals surface area (Å²) < 4.78 is 0. The summed E-state index contributed by atoms with van der Waals surface area (Å²) in [6.45, 7) is 4.91. The van der Waals surface area contributed by atoms with Crippen LogP contribution < -0.4 is 16.0 Å². The number of carbonyl (C=O) groups is 2. The molecule has 1 aliphatic heterocycles. The monoisotopic (exact) mass is 243 g/mol. The minimum atomic E-state index is -0.398. The minimum absolute atomic E-state index is 0.218. The molecular weight excluding hydrogens is 226 g/mol. The number of imide groups is 1. The number of thiocarbonyl (C=S) groups is 1. The van der Waals surface area contributed by atoms with Gasteiger partial charge in [0, 0.05) is 13.0 Å². The van der Waals surface area contributed by atoms with Gasteiger partial charge in [-0.25, -0.2) is 0 Å². The van der Waals surface area contributed by atoms with Crippen LogP contribution in [0.25, 0.3) is 0 Å². The number of nitrogens with one attached hydrogen (secondary N) is 3. The summed E-state index contributed by atoms with van der Waals surface area (Å²) in [4.78, 5) is 22.3. The van der Waals surface area contributed by atoms with Crippen molar-refractivity contribution in [3.05, 3.63) is 0 Å². The summed E-state index contributed by atoms with van der Waals surface area (Å²) >= 11 is 5.05. The molecule has 2 amide bonds. The summed E-state index contributed by atoms with van der Waals surface area (Å²) in [6, 6.07) is -0.398. The van der Waals surface area contributed by atoms with Gasteiger partial charge in [-0.2, -0.15) is 0 Å². The average molecular weight is 243 g/mol. The van der Waals surface area contributed by atoms with E-state index in [1.807, 2.05) is 0 Å². The predicted octanol–water partition coefficient (Wildman–Crippen LogP) is -0.0883. The van der Waals surface area contributed by atoms with Crippen LogP contribution in [0.3, 0.4) is 0 Å². The van der Waals surface area contributed by atoms with Crippen LogP contribution in [-0.2, 0) is 9.59 Å². The standard InChI is InChI=1S/C10H17N3O2S/c1-6(2)5-11-10(16)12-7-3-4-8(14)13-9(7)15/h6-7H,3-5H2,1-2H3,(H2,11,12,16)(H,13,14,15). The summed E-state index contributed by atoms with van der Waals surface area (Å²) in [5.74, 6) is -0.0319. The van der Waals surface area contributed by atoms with Crippen molar-refractivity contribution in [2.24, 2.45) is 5.92 Å². The van der Waals surface area contributed by atoms with E-state index in [0.717, 1.165) is 6.54 Å². The van der Waals surface area contributed by atoms with Gasteiger partial charge in [0.1, 0.15) is 6.04 Å². The van der Waals surface area contributed by atoms with E-state index in [2.05, 4.69) is 29.8 Å². The maximum Gasteiger partial charge on any atom is 0.249 e. The third-order valence-corrected chi connectivity index (χ3v) is 2.48. The summed E-state index contributed by atoms with van der Waals surface area (Å²) in [5.41, 5.74) is 0. The Hall–Kier alpha value is -1.17. The Kier molecular flexibility index (Phi) is 4.67. The molecule has 0 aromatic heterocycles. The molecule has 1 aliphatic rings. The molecule has 1 rings (SSSR count). The molecule has 5 nitrogen and oxygen atoms in total. The zero-order valence-electron chi connectivity index (χ0n) is 9.50. The number of carbonyl (C=O) groups excluding carboxylic acids is 2. The van der Waals surface area contributed by atoms with E-state index >= 15 is 0 Å². The van der Waals surface area contributed by atoms with Crippen LogP contribution in [0.15, 0.2) is 0 Å². The van der Waals surface area contributed by atoms with Gasteiger partial charge in [0.2, 0.25) is 11.8 Å². The number of amides is 2. The first-order valence-electron chi connectivity index (χ1n) is 5.37. The third kappa shape index (κ3) is 4.14. The highest BCUT2D eigenvalue weighted by molar-refractivity contribution is 7.80. The van der Waals surface area contributed by atoms with Crippen molar-refractivity contribution in [1.82, 2.24) is 16.0 Å². The largest absolute Gasteiger partial charge is 0.362 e. The Balaban J connectivity index is 2.33. The van der Waals surface area contributed by atoms with E-state index in [4.69, 9.17) is 12.2 Å². The lowest BCUT2D eigenvalue weighted by molar-refractivity contribution is -0.134. The molecule has 1 unspecified atom stereocenters. The Bertz CT molecular complexity index is 304. The molecular formula is C10H17N3O2S. The summed E-state index contributed by atoms with van der Waals surface area (Å²) in [5, 5.41) is 8.65. The molecule has 0 radical (unpaired) electrons. The molecule has 6 heteroatoms. The lowest BCUT2D eigenvalue weighted by Crippen LogP contribution is -2.54. The Morgan fingerprint density at radius 2 is 2.25 bits per heavy atom. The highest BCUT2D eigenvalue weighted by Crippen LogP contribution is 2.03. The second kappa shape index (κ2) is 5.79. The van der Waals surface area contributed by atoms with Crippen LogP contribution in [0.5, 0.6) is 0 Å². The Morgan fingerprint density at radius 3 is 2.81 bits per heavy atom. The van der Waals surface area contributed by atoms with Gasteiger partial charge in [-0.3, -0.25) is 14.9 Å². The summed E-state index contributed by atoms with van der Waals surface area (Å²) in [6.07, 6.45) is 0.852. The molecule has 0 saturated carbocycles. The van der Waals surface area contributed by atoms with Crippen molar-refractivity contribution >= 4 is 29.1 Å². The van der Waals surface area contributed by atoms with E-state index in [0.29, 0.717) is 23.9 Å². The maximum atomic E-state index is 11.4. The van der Waals surface area contributed by atoms with Gasteiger partial charge < -0.3 is 10.6 Å². The molecule has 90 valence electrons. The molecule has 0 spiro atoms. The predicted molar refractivity (Wildman–Crippen MR) is 64.7 cm³/mol. The lowest BCUT2D eigenvalue weighted by Gasteiger charge is -2.23. The van der Waals surface area contributed by atoms with Crippen molar-refractivity contribution in [3.63, 3.8) is 0 Å². The number of hydrogen-bond donors (Lipinski definition) is 3. The van der Waals surface area contributed by atoms with Crippen molar-refractivity contribution in [1.29, 1.82) is 0 Å². The molecule has 16 heavy (non-hydrogen) atoms. The van der Waals surface area contributed by atoms with Crippen LogP contribution in [0.4, 0.5) is 0 Å². The van der Waals surface area contributed by atoms with Crippen molar-refractivity contribution in [3.8, 4) is 0 Å². The molecule has 1 atom stereocenters. The fourth-order valence-electron chi connectivity index (χ4n) is 1.34. The average Bonchev–Trinajstić information content (AvgIpc) is 2.19. The van der Waals surface area contributed by atoms with Gasteiger partial charge in [0.15, 0.2) is 5.11 Å². The van der Waals surface area contributed by atoms with E-state index in [1.165, 1.54) is 0 Å². The Labute approximate surface area is 100 Å². The molecule has 0 bridgehead atoms. The second-order valence-corrected chi connectivity index (χ2v) is 4.66. The maximum absolute atomic E-state index is 11.4. The van der Waals surface area contributed by atoms with Gasteiger partial charge in [0.05, 0.1) is 0 Å². The first kappa shape index (κ1) is 12.9. The van der Waals surface area contributed by atoms with E-state index in [-0.39, 0.29) is 11.8 Å². The fraction of sp³-hybridized carbons (Fsp3) is 0.700. The third-order valence-electron chi connectivity index (χ3n) is 2.22. The first-order valence-corrected chi connectivity index (χ1v) is 5.78. The number of piperidine rings is 1. The lowest BCUT2D eigenvalue weighted by atomic mass is 10.1. The normalized spacial score (nSPS) is 20.6. The molecule has 0 aromatic carbocycles. The van der Waals surface area contributed by atoms with Crippen molar-refractivity contribution < 1.29 is 9.59 Å². The van der Waals surface area contributed by atoms with Crippen LogP contribution in [0.1, 0.15) is 26.7 Å². The van der Waals surface area contributed by atoms with Gasteiger partial charge in [-0.1, -0.05) is 13.8 Å². The molecule has 0 aromatic rings. The van der Waals surface area contributed by atoms with Gasteiger partial charge in [-0.15, -0.1) is 0 Å². The van der Waals surface area contributed by atoms with E-state index in [1.54, 1.807) is 0 Å². The fourth-order valence-corrected chi connectivity index (χ4v) is 1.56. The smallest absolute Gasteiger partial charge is 0.249 e. The summed E-state index contributed by atoms with van der Waals surface area (Å²) in [7, 11) is 0. The second-order valence-electron chi connectivity index (χ2n) is 4.25. The van der Waals surface area contributed by atoms with E-state index < -0.39 is 6.04 Å². The zero-order chi connectivity index (χ0) is 12.1. The molecule has 3 N–H and O–H groups in total. The highest BCUT2D eigenvalue weighted by Gasteiger charge is 2.26. The Morgan fingerprint density at radius 1 is 1.56 bits per heavy atom. The van der Waals surface area contributed by atoms with Crippen LogP contribution in [0, 0.1) is 5.92 Å². The van der Waals surface area contributed by atoms with Gasteiger partial charge >= 0.3 is 0 Å². The number of hydrogen-bond acceptors (Lipinski definition) is 3. The topological polar surface area (TPSA) is 70.2 Å².